The first kappa shape index (κ1) is 15.3. The SMILES string of the molecule is CNC(C)c1cc(F)c(C)cc1N1CCOCC1(C)C. The zero-order valence-corrected chi connectivity index (χ0v) is 13.1. The van der Waals surface area contributed by atoms with Gasteiger partial charge in [-0.05, 0) is 58.0 Å². The van der Waals surface area contributed by atoms with Crippen LogP contribution in [-0.4, -0.2) is 32.3 Å². The third kappa shape index (κ3) is 2.81. The van der Waals surface area contributed by atoms with Crippen LogP contribution < -0.4 is 10.2 Å². The smallest absolute Gasteiger partial charge is 0.126 e. The molecule has 0 bridgehead atoms. The van der Waals surface area contributed by atoms with Crippen LogP contribution in [0.5, 0.6) is 0 Å². The minimum absolute atomic E-state index is 0.0786. The quantitative estimate of drug-likeness (QED) is 0.921. The maximum atomic E-state index is 13.9. The minimum atomic E-state index is -0.142. The summed E-state index contributed by atoms with van der Waals surface area (Å²) >= 11 is 0. The zero-order chi connectivity index (χ0) is 14.9. The fourth-order valence-corrected chi connectivity index (χ4v) is 2.72. The van der Waals surface area contributed by atoms with E-state index in [0.717, 1.165) is 17.8 Å². The third-order valence-corrected chi connectivity index (χ3v) is 4.14. The van der Waals surface area contributed by atoms with Crippen LogP contribution in [0.2, 0.25) is 0 Å². The highest BCUT2D eigenvalue weighted by atomic mass is 19.1. The number of nitrogens with one attached hydrogen (secondary N) is 1. The molecule has 20 heavy (non-hydrogen) atoms. The van der Waals surface area contributed by atoms with Gasteiger partial charge >= 0.3 is 0 Å². The maximum absolute atomic E-state index is 13.9. The molecule has 2 rings (SSSR count). The molecule has 1 aliphatic heterocycles. The lowest BCUT2D eigenvalue weighted by Crippen LogP contribution is -2.53. The summed E-state index contributed by atoms with van der Waals surface area (Å²) < 4.78 is 19.5. The van der Waals surface area contributed by atoms with Gasteiger partial charge in [0.05, 0.1) is 18.8 Å². The van der Waals surface area contributed by atoms with Crippen LogP contribution in [0.1, 0.15) is 37.9 Å². The molecule has 0 aliphatic carbocycles. The second-order valence-electron chi connectivity index (χ2n) is 6.19. The average Bonchev–Trinajstić information content (AvgIpc) is 2.40. The number of benzene rings is 1. The van der Waals surface area contributed by atoms with Crippen molar-refractivity contribution in [1.82, 2.24) is 5.32 Å². The maximum Gasteiger partial charge on any atom is 0.126 e. The van der Waals surface area contributed by atoms with Gasteiger partial charge < -0.3 is 15.0 Å². The lowest BCUT2D eigenvalue weighted by molar-refractivity contribution is 0.0642. The van der Waals surface area contributed by atoms with Crippen molar-refractivity contribution in [3.8, 4) is 0 Å². The van der Waals surface area contributed by atoms with Gasteiger partial charge in [0.15, 0.2) is 0 Å². The Kier molecular flexibility index (Phi) is 4.35. The number of halogens is 1. The summed E-state index contributed by atoms with van der Waals surface area (Å²) in [5.74, 6) is -0.142. The van der Waals surface area contributed by atoms with Gasteiger partial charge in [-0.2, -0.15) is 0 Å². The minimum Gasteiger partial charge on any atom is -0.377 e. The van der Waals surface area contributed by atoms with Crippen LogP contribution in [0.15, 0.2) is 12.1 Å². The highest BCUT2D eigenvalue weighted by Crippen LogP contribution is 2.34. The number of rotatable bonds is 3. The predicted octanol–water partition coefficient (Wildman–Crippen LogP) is 3.03. The molecule has 0 aromatic heterocycles. The van der Waals surface area contributed by atoms with Crippen molar-refractivity contribution in [2.45, 2.75) is 39.3 Å². The Balaban J connectivity index is 2.51. The molecular formula is C16H25FN2O. The number of nitrogens with zero attached hydrogens (tertiary/aromatic N) is 1. The third-order valence-electron chi connectivity index (χ3n) is 4.14. The molecule has 0 amide bonds. The lowest BCUT2D eigenvalue weighted by atomic mass is 9.96. The predicted molar refractivity (Wildman–Crippen MR) is 80.9 cm³/mol. The van der Waals surface area contributed by atoms with Crippen LogP contribution in [-0.2, 0) is 4.74 Å². The molecular weight excluding hydrogens is 255 g/mol. The van der Waals surface area contributed by atoms with Crippen molar-refractivity contribution in [1.29, 1.82) is 0 Å². The van der Waals surface area contributed by atoms with Crippen LogP contribution in [0.25, 0.3) is 0 Å². The van der Waals surface area contributed by atoms with Gasteiger partial charge in [0, 0.05) is 18.3 Å². The Bertz CT molecular complexity index is 488. The number of anilines is 1. The number of aryl methyl sites for hydroxylation is 1. The summed E-state index contributed by atoms with van der Waals surface area (Å²) in [6.07, 6.45) is 0. The Labute approximate surface area is 121 Å². The van der Waals surface area contributed by atoms with Gasteiger partial charge in [-0.25, -0.2) is 4.39 Å². The average molecular weight is 280 g/mol. The van der Waals surface area contributed by atoms with Gasteiger partial charge in [-0.3, -0.25) is 0 Å². The molecule has 1 N–H and O–H groups in total. The molecule has 1 aromatic rings. The first-order valence-corrected chi connectivity index (χ1v) is 7.19. The number of ether oxygens (including phenoxy) is 1. The van der Waals surface area contributed by atoms with Crippen molar-refractivity contribution >= 4 is 5.69 Å². The van der Waals surface area contributed by atoms with Gasteiger partial charge in [0.1, 0.15) is 5.82 Å². The number of hydrogen-bond donors (Lipinski definition) is 1. The highest BCUT2D eigenvalue weighted by Gasteiger charge is 2.32. The van der Waals surface area contributed by atoms with E-state index in [1.807, 2.05) is 20.0 Å². The summed E-state index contributed by atoms with van der Waals surface area (Å²) in [6, 6.07) is 3.74. The Morgan fingerprint density at radius 3 is 2.70 bits per heavy atom. The molecule has 0 spiro atoms. The normalized spacial score (nSPS) is 20.0. The zero-order valence-electron chi connectivity index (χ0n) is 13.1. The topological polar surface area (TPSA) is 24.5 Å². The summed E-state index contributed by atoms with van der Waals surface area (Å²) in [4.78, 5) is 2.34. The molecule has 1 fully saturated rings. The van der Waals surface area contributed by atoms with Gasteiger partial charge in [-0.15, -0.1) is 0 Å². The summed E-state index contributed by atoms with van der Waals surface area (Å²) in [5.41, 5.74) is 2.73. The van der Waals surface area contributed by atoms with Crippen molar-refractivity contribution < 1.29 is 9.13 Å². The van der Waals surface area contributed by atoms with Gasteiger partial charge in [0.25, 0.3) is 0 Å². The molecule has 112 valence electrons. The molecule has 0 saturated carbocycles. The molecule has 1 aromatic carbocycles. The molecule has 3 nitrogen and oxygen atoms in total. The monoisotopic (exact) mass is 280 g/mol. The van der Waals surface area contributed by atoms with E-state index >= 15 is 0 Å². The Morgan fingerprint density at radius 1 is 1.40 bits per heavy atom. The van der Waals surface area contributed by atoms with Crippen LogP contribution in [0.3, 0.4) is 0 Å². The molecule has 4 heteroatoms. The largest absolute Gasteiger partial charge is 0.377 e. The van der Waals surface area contributed by atoms with Crippen molar-refractivity contribution in [2.75, 3.05) is 31.7 Å². The standard InChI is InChI=1S/C16H25FN2O/c1-11-8-15(13(9-14(11)17)12(2)18-5)19-6-7-20-10-16(19,3)4/h8-9,12,18H,6-7,10H2,1-5H3. The fraction of sp³-hybridized carbons (Fsp3) is 0.625. The molecule has 1 saturated heterocycles. The number of hydrogen-bond acceptors (Lipinski definition) is 3. The van der Waals surface area contributed by atoms with E-state index in [-0.39, 0.29) is 17.4 Å². The lowest BCUT2D eigenvalue weighted by Gasteiger charge is -2.45. The molecule has 1 unspecified atom stereocenters. The van der Waals surface area contributed by atoms with E-state index < -0.39 is 0 Å². The van der Waals surface area contributed by atoms with E-state index in [9.17, 15) is 4.39 Å². The van der Waals surface area contributed by atoms with Crippen molar-refractivity contribution in [3.63, 3.8) is 0 Å². The molecule has 0 radical (unpaired) electrons. The van der Waals surface area contributed by atoms with Crippen LogP contribution >= 0.6 is 0 Å². The van der Waals surface area contributed by atoms with Crippen molar-refractivity contribution in [3.05, 3.63) is 29.1 Å². The van der Waals surface area contributed by atoms with E-state index in [0.29, 0.717) is 18.8 Å². The first-order chi connectivity index (χ1) is 9.36. The highest BCUT2D eigenvalue weighted by molar-refractivity contribution is 5.59. The molecule has 1 heterocycles. The second-order valence-corrected chi connectivity index (χ2v) is 6.19. The van der Waals surface area contributed by atoms with Crippen LogP contribution in [0, 0.1) is 12.7 Å². The molecule has 1 aliphatic rings. The van der Waals surface area contributed by atoms with E-state index in [4.69, 9.17) is 4.74 Å². The Morgan fingerprint density at radius 2 is 2.10 bits per heavy atom. The fourth-order valence-electron chi connectivity index (χ4n) is 2.72. The second kappa shape index (κ2) is 5.70. The first-order valence-electron chi connectivity index (χ1n) is 7.19. The van der Waals surface area contributed by atoms with E-state index in [1.165, 1.54) is 0 Å². The van der Waals surface area contributed by atoms with Gasteiger partial charge in [0.2, 0.25) is 0 Å². The van der Waals surface area contributed by atoms with Crippen molar-refractivity contribution in [2.24, 2.45) is 0 Å². The molecule has 1 atom stereocenters. The van der Waals surface area contributed by atoms with E-state index in [1.54, 1.807) is 6.07 Å². The number of morpholine rings is 1. The summed E-state index contributed by atoms with van der Waals surface area (Å²) in [5, 5.41) is 3.21. The van der Waals surface area contributed by atoms with Crippen LogP contribution in [0.4, 0.5) is 10.1 Å². The summed E-state index contributed by atoms with van der Waals surface area (Å²) in [7, 11) is 1.90. The summed E-state index contributed by atoms with van der Waals surface area (Å²) in [6.45, 7) is 10.4. The van der Waals surface area contributed by atoms with Gasteiger partial charge in [-0.1, -0.05) is 0 Å². The Hall–Kier alpha value is -1.13. The van der Waals surface area contributed by atoms with E-state index in [2.05, 4.69) is 31.0 Å².